The molecule has 1 aromatic rings. The topological polar surface area (TPSA) is 74.7 Å². The van der Waals surface area contributed by atoms with E-state index in [0.717, 1.165) is 6.42 Å². The van der Waals surface area contributed by atoms with Crippen LogP contribution in [0.3, 0.4) is 0 Å². The lowest BCUT2D eigenvalue weighted by molar-refractivity contribution is 0.0697. The molecule has 1 aliphatic heterocycles. The first-order valence-corrected chi connectivity index (χ1v) is 6.95. The highest BCUT2D eigenvalue weighted by atomic mass is 32.2. The molecule has 1 N–H and O–H groups in total. The first-order chi connectivity index (χ1) is 8.00. The molecule has 5 nitrogen and oxygen atoms in total. The molecule has 0 bridgehead atoms. The molecule has 0 amide bonds. The monoisotopic (exact) mass is 255 g/mol. The Labute approximate surface area is 99.7 Å². The molecule has 1 saturated heterocycles. The van der Waals surface area contributed by atoms with E-state index >= 15 is 0 Å². The second-order valence-corrected chi connectivity index (χ2v) is 5.96. The summed E-state index contributed by atoms with van der Waals surface area (Å²) >= 11 is 0. The summed E-state index contributed by atoms with van der Waals surface area (Å²) in [6.45, 7) is 0.467. The molecule has 0 unspecified atom stereocenters. The molecule has 17 heavy (non-hydrogen) atoms. The van der Waals surface area contributed by atoms with E-state index in [0.29, 0.717) is 18.7 Å². The van der Waals surface area contributed by atoms with Crippen molar-refractivity contribution in [1.29, 1.82) is 0 Å². The molecule has 0 spiro atoms. The zero-order chi connectivity index (χ0) is 12.5. The summed E-state index contributed by atoms with van der Waals surface area (Å²) < 4.78 is 25.0. The van der Waals surface area contributed by atoms with Gasteiger partial charge >= 0.3 is 5.97 Å². The third-order valence-electron chi connectivity index (χ3n) is 2.75. The van der Waals surface area contributed by atoms with Crippen LogP contribution in [0.4, 0.5) is 5.69 Å². The normalized spacial score (nSPS) is 18.9. The van der Waals surface area contributed by atoms with Gasteiger partial charge in [0.1, 0.15) is 0 Å². The van der Waals surface area contributed by atoms with Crippen LogP contribution in [0.1, 0.15) is 23.2 Å². The summed E-state index contributed by atoms with van der Waals surface area (Å²) in [4.78, 5) is 10.7. The zero-order valence-corrected chi connectivity index (χ0v) is 9.98. The molecular weight excluding hydrogens is 242 g/mol. The molecule has 1 heterocycles. The van der Waals surface area contributed by atoms with Crippen LogP contribution in [0.25, 0.3) is 0 Å². The number of sulfonamides is 1. The summed E-state index contributed by atoms with van der Waals surface area (Å²) in [6, 6.07) is 5.90. The third kappa shape index (κ3) is 2.41. The highest BCUT2D eigenvalue weighted by Gasteiger charge is 2.25. The number of anilines is 1. The van der Waals surface area contributed by atoms with E-state index in [1.807, 2.05) is 0 Å². The van der Waals surface area contributed by atoms with Crippen molar-refractivity contribution in [3.05, 3.63) is 29.8 Å². The van der Waals surface area contributed by atoms with E-state index in [4.69, 9.17) is 5.11 Å². The van der Waals surface area contributed by atoms with E-state index in [9.17, 15) is 13.2 Å². The van der Waals surface area contributed by atoms with E-state index in [-0.39, 0.29) is 11.3 Å². The van der Waals surface area contributed by atoms with Gasteiger partial charge in [0.05, 0.1) is 17.0 Å². The van der Waals surface area contributed by atoms with Crippen molar-refractivity contribution in [2.45, 2.75) is 12.8 Å². The van der Waals surface area contributed by atoms with Gasteiger partial charge in [0, 0.05) is 6.54 Å². The predicted molar refractivity (Wildman–Crippen MR) is 63.8 cm³/mol. The van der Waals surface area contributed by atoms with Crippen molar-refractivity contribution >= 4 is 21.7 Å². The standard InChI is InChI=1S/C11H13NO4S/c13-11(14)9-3-5-10(6-4-9)12-7-1-2-8-17(12,15)16/h3-6H,1-2,7-8H2,(H,13,14). The van der Waals surface area contributed by atoms with Crippen LogP contribution in [-0.4, -0.2) is 31.8 Å². The summed E-state index contributed by atoms with van der Waals surface area (Å²) in [5.74, 6) is -0.855. The van der Waals surface area contributed by atoms with Gasteiger partial charge in [0.25, 0.3) is 0 Å². The minimum absolute atomic E-state index is 0.156. The van der Waals surface area contributed by atoms with Gasteiger partial charge in [-0.1, -0.05) is 0 Å². The Hall–Kier alpha value is -1.56. The van der Waals surface area contributed by atoms with Crippen LogP contribution in [0.5, 0.6) is 0 Å². The molecule has 1 fully saturated rings. The van der Waals surface area contributed by atoms with Gasteiger partial charge < -0.3 is 5.11 Å². The van der Waals surface area contributed by atoms with Gasteiger partial charge in [-0.25, -0.2) is 13.2 Å². The lowest BCUT2D eigenvalue weighted by Crippen LogP contribution is -2.37. The van der Waals surface area contributed by atoms with Crippen molar-refractivity contribution in [2.24, 2.45) is 0 Å². The van der Waals surface area contributed by atoms with Gasteiger partial charge in [-0.3, -0.25) is 4.31 Å². The lowest BCUT2D eigenvalue weighted by atomic mass is 10.2. The molecule has 1 aliphatic rings. The maximum absolute atomic E-state index is 11.8. The number of hydrogen-bond acceptors (Lipinski definition) is 3. The average Bonchev–Trinajstić information content (AvgIpc) is 2.28. The Bertz CT molecular complexity index is 521. The van der Waals surface area contributed by atoms with Crippen LogP contribution in [0.2, 0.25) is 0 Å². The highest BCUT2D eigenvalue weighted by Crippen LogP contribution is 2.23. The molecule has 0 atom stereocenters. The Kier molecular flexibility index (Phi) is 3.06. The number of nitrogens with zero attached hydrogens (tertiary/aromatic N) is 1. The quantitative estimate of drug-likeness (QED) is 0.864. The number of hydrogen-bond donors (Lipinski definition) is 1. The van der Waals surface area contributed by atoms with Crippen LogP contribution >= 0.6 is 0 Å². The predicted octanol–water partition coefficient (Wildman–Crippen LogP) is 1.31. The molecule has 1 aromatic carbocycles. The van der Waals surface area contributed by atoms with Crippen molar-refractivity contribution in [3.8, 4) is 0 Å². The summed E-state index contributed by atoms with van der Waals surface area (Å²) in [7, 11) is -3.22. The minimum Gasteiger partial charge on any atom is -0.478 e. The van der Waals surface area contributed by atoms with Crippen molar-refractivity contribution < 1.29 is 18.3 Å². The van der Waals surface area contributed by atoms with E-state index in [1.165, 1.54) is 28.6 Å². The Morgan fingerprint density at radius 2 is 1.82 bits per heavy atom. The molecule has 2 rings (SSSR count). The number of aromatic carboxylic acids is 1. The van der Waals surface area contributed by atoms with Gasteiger partial charge in [-0.15, -0.1) is 0 Å². The maximum Gasteiger partial charge on any atom is 0.335 e. The largest absolute Gasteiger partial charge is 0.478 e. The molecule has 92 valence electrons. The van der Waals surface area contributed by atoms with Crippen molar-refractivity contribution in [3.63, 3.8) is 0 Å². The Morgan fingerprint density at radius 1 is 1.18 bits per heavy atom. The summed E-state index contributed by atoms with van der Waals surface area (Å²) in [6.07, 6.45) is 1.52. The molecule has 6 heteroatoms. The maximum atomic E-state index is 11.8. The molecule has 0 aromatic heterocycles. The fourth-order valence-corrected chi connectivity index (χ4v) is 3.49. The highest BCUT2D eigenvalue weighted by molar-refractivity contribution is 7.92. The van der Waals surface area contributed by atoms with Gasteiger partial charge in [0.15, 0.2) is 0 Å². The first-order valence-electron chi connectivity index (χ1n) is 5.34. The van der Waals surface area contributed by atoms with Crippen LogP contribution in [0.15, 0.2) is 24.3 Å². The molecule has 0 radical (unpaired) electrons. The third-order valence-corrected chi connectivity index (χ3v) is 4.62. The van der Waals surface area contributed by atoms with E-state index < -0.39 is 16.0 Å². The Balaban J connectivity index is 2.30. The van der Waals surface area contributed by atoms with Gasteiger partial charge in [-0.05, 0) is 37.1 Å². The number of carbonyl (C=O) groups is 1. The lowest BCUT2D eigenvalue weighted by Gasteiger charge is -2.28. The van der Waals surface area contributed by atoms with Gasteiger partial charge in [-0.2, -0.15) is 0 Å². The first kappa shape index (κ1) is 11.9. The second kappa shape index (κ2) is 4.37. The van der Waals surface area contributed by atoms with Crippen LogP contribution in [0, 0.1) is 0 Å². The summed E-state index contributed by atoms with van der Waals surface area (Å²) in [5, 5.41) is 8.76. The van der Waals surface area contributed by atoms with E-state index in [2.05, 4.69) is 0 Å². The SMILES string of the molecule is O=C(O)c1ccc(N2CCCCS2(=O)=O)cc1. The molecule has 0 saturated carbocycles. The number of carboxylic acid groups (broad SMARTS) is 1. The second-order valence-electron chi connectivity index (χ2n) is 3.95. The van der Waals surface area contributed by atoms with Crippen LogP contribution in [-0.2, 0) is 10.0 Å². The number of rotatable bonds is 2. The fourth-order valence-electron chi connectivity index (χ4n) is 1.85. The van der Waals surface area contributed by atoms with Crippen molar-refractivity contribution in [2.75, 3.05) is 16.6 Å². The summed E-state index contributed by atoms with van der Waals surface area (Å²) in [5.41, 5.74) is 0.692. The zero-order valence-electron chi connectivity index (χ0n) is 9.17. The molecule has 0 aliphatic carbocycles. The minimum atomic E-state index is -3.22. The van der Waals surface area contributed by atoms with E-state index in [1.54, 1.807) is 0 Å². The van der Waals surface area contributed by atoms with Crippen molar-refractivity contribution in [1.82, 2.24) is 0 Å². The smallest absolute Gasteiger partial charge is 0.335 e. The molecular formula is C11H13NO4S. The Morgan fingerprint density at radius 3 is 2.35 bits per heavy atom. The number of benzene rings is 1. The van der Waals surface area contributed by atoms with Crippen LogP contribution < -0.4 is 4.31 Å². The fraction of sp³-hybridized carbons (Fsp3) is 0.364. The average molecular weight is 255 g/mol. The number of carboxylic acids is 1. The van der Waals surface area contributed by atoms with Gasteiger partial charge in [0.2, 0.25) is 10.0 Å².